The van der Waals surface area contributed by atoms with Crippen LogP contribution in [0.25, 0.3) is 0 Å². The first-order valence-corrected chi connectivity index (χ1v) is 22.7. The molecule has 0 aromatic heterocycles. The zero-order valence-corrected chi connectivity index (χ0v) is 33.4. The molecule has 2 N–H and O–H groups in total. The van der Waals surface area contributed by atoms with Crippen LogP contribution in [0.15, 0.2) is 12.1 Å². The van der Waals surface area contributed by atoms with Gasteiger partial charge in [-0.25, -0.2) is 0 Å². The minimum Gasteiger partial charge on any atom is -0.490 e. The Morgan fingerprint density at radius 2 is 0.653 bits per heavy atom. The molecule has 0 fully saturated rings. The number of rotatable bonds is 37. The summed E-state index contributed by atoms with van der Waals surface area (Å²) in [6.45, 7) is 8.29. The third kappa shape index (κ3) is 26.2. The summed E-state index contributed by atoms with van der Waals surface area (Å²) in [4.78, 5) is 20.2. The fourth-order valence-corrected chi connectivity index (χ4v) is 6.97. The molecule has 0 aliphatic rings. The van der Waals surface area contributed by atoms with Crippen LogP contribution in [-0.4, -0.2) is 29.6 Å². The smallest absolute Gasteiger partial charge is 0.356 e. The normalized spacial score (nSPS) is 11.7. The van der Waals surface area contributed by atoms with Crippen molar-refractivity contribution in [2.75, 3.05) is 19.8 Å². The summed E-state index contributed by atoms with van der Waals surface area (Å²) >= 11 is 0. The van der Waals surface area contributed by atoms with Crippen molar-refractivity contribution in [3.8, 4) is 17.2 Å². The van der Waals surface area contributed by atoms with E-state index in [4.69, 9.17) is 14.2 Å². The fourth-order valence-electron chi connectivity index (χ4n) is 6.39. The van der Waals surface area contributed by atoms with Gasteiger partial charge in [0, 0.05) is 0 Å². The van der Waals surface area contributed by atoms with Crippen molar-refractivity contribution in [1.82, 2.24) is 0 Å². The average Bonchev–Trinajstić information content (AvgIpc) is 3.08. The SMILES string of the molecule is CCCCCCCCCCCCOc1cc(P(=O)(O)O)cc(OCCCCCCCCCCCC)c1OCCCCCCCCCCCC. The number of hydrogen-bond donors (Lipinski definition) is 2. The number of ether oxygens (including phenoxy) is 3. The molecule has 0 heterocycles. The third-order valence-electron chi connectivity index (χ3n) is 9.60. The molecule has 0 aliphatic carbocycles. The first-order chi connectivity index (χ1) is 23.9. The number of unbranched alkanes of at least 4 members (excludes halogenated alkanes) is 27. The highest BCUT2D eigenvalue weighted by Gasteiger charge is 2.24. The Hall–Kier alpha value is -1.23. The van der Waals surface area contributed by atoms with E-state index in [-0.39, 0.29) is 5.30 Å². The van der Waals surface area contributed by atoms with Crippen molar-refractivity contribution in [2.45, 2.75) is 213 Å². The van der Waals surface area contributed by atoms with Crippen LogP contribution in [-0.2, 0) is 4.57 Å². The van der Waals surface area contributed by atoms with Crippen LogP contribution < -0.4 is 19.5 Å². The molecular formula is C42H79O6P. The van der Waals surface area contributed by atoms with E-state index in [0.29, 0.717) is 37.1 Å². The van der Waals surface area contributed by atoms with Gasteiger partial charge < -0.3 is 24.0 Å². The minimum absolute atomic E-state index is 0.0741. The maximum absolute atomic E-state index is 12.4. The molecule has 0 radical (unpaired) electrons. The van der Waals surface area contributed by atoms with E-state index < -0.39 is 7.60 Å². The average molecular weight is 711 g/mol. The summed E-state index contributed by atoms with van der Waals surface area (Å²) in [6.07, 6.45) is 37.3. The molecule has 0 atom stereocenters. The van der Waals surface area contributed by atoms with Gasteiger partial charge >= 0.3 is 7.60 Å². The van der Waals surface area contributed by atoms with Crippen molar-refractivity contribution in [3.63, 3.8) is 0 Å². The highest BCUT2D eigenvalue weighted by molar-refractivity contribution is 7.60. The molecule has 0 saturated heterocycles. The fraction of sp³-hybridized carbons (Fsp3) is 0.857. The molecule has 6 nitrogen and oxygen atoms in total. The summed E-state index contributed by atoms with van der Waals surface area (Å²) in [5, 5.41) is -0.0741. The molecule has 49 heavy (non-hydrogen) atoms. The van der Waals surface area contributed by atoms with Gasteiger partial charge in [0.1, 0.15) is 0 Å². The van der Waals surface area contributed by atoms with E-state index in [9.17, 15) is 14.4 Å². The maximum atomic E-state index is 12.4. The van der Waals surface area contributed by atoms with Crippen molar-refractivity contribution in [2.24, 2.45) is 0 Å². The monoisotopic (exact) mass is 711 g/mol. The first-order valence-electron chi connectivity index (χ1n) is 21.1. The summed E-state index contributed by atoms with van der Waals surface area (Å²) in [5.41, 5.74) is 0. The number of hydrogen-bond acceptors (Lipinski definition) is 4. The van der Waals surface area contributed by atoms with Crippen molar-refractivity contribution < 1.29 is 28.6 Å². The van der Waals surface area contributed by atoms with E-state index >= 15 is 0 Å². The maximum Gasteiger partial charge on any atom is 0.356 e. The quantitative estimate of drug-likeness (QED) is 0.0528. The summed E-state index contributed by atoms with van der Waals surface area (Å²) in [7, 11) is -4.50. The lowest BCUT2D eigenvalue weighted by atomic mass is 10.1. The van der Waals surface area contributed by atoms with Crippen molar-refractivity contribution in [1.29, 1.82) is 0 Å². The van der Waals surface area contributed by atoms with Gasteiger partial charge in [-0.05, 0) is 31.4 Å². The van der Waals surface area contributed by atoms with Crippen molar-refractivity contribution >= 4 is 12.9 Å². The molecular weight excluding hydrogens is 631 g/mol. The molecule has 7 heteroatoms. The van der Waals surface area contributed by atoms with Gasteiger partial charge in [-0.1, -0.05) is 194 Å². The second-order valence-corrected chi connectivity index (χ2v) is 16.0. The standard InChI is InChI=1S/C42H79O6P/c1-4-7-10-13-16-19-22-25-28-31-34-46-40-37-39(49(43,44)45)38-41(47-35-32-29-26-23-20-17-14-11-8-5-2)42(40)48-36-33-30-27-24-21-18-15-12-9-6-3/h37-38H,4-36H2,1-3H3,(H2,43,44,45). The first kappa shape index (κ1) is 45.8. The molecule has 0 aliphatic heterocycles. The highest BCUT2D eigenvalue weighted by atomic mass is 31.2. The van der Waals surface area contributed by atoms with E-state index in [1.807, 2.05) is 0 Å². The summed E-state index contributed by atoms with van der Waals surface area (Å²) < 4.78 is 31.1. The Kier molecular flexibility index (Phi) is 30.5. The Balaban J connectivity index is 2.68. The Morgan fingerprint density at radius 1 is 0.408 bits per heavy atom. The van der Waals surface area contributed by atoms with Gasteiger partial charge in [0.15, 0.2) is 11.5 Å². The largest absolute Gasteiger partial charge is 0.490 e. The molecule has 0 amide bonds. The lowest BCUT2D eigenvalue weighted by Crippen LogP contribution is -2.12. The Bertz CT molecular complexity index is 869. The van der Waals surface area contributed by atoms with Crippen LogP contribution in [0, 0.1) is 0 Å². The topological polar surface area (TPSA) is 85.2 Å². The van der Waals surface area contributed by atoms with Gasteiger partial charge in [-0.3, -0.25) is 4.57 Å². The van der Waals surface area contributed by atoms with Crippen LogP contribution >= 0.6 is 7.60 Å². The molecule has 0 bridgehead atoms. The lowest BCUT2D eigenvalue weighted by molar-refractivity contribution is 0.234. The van der Waals surface area contributed by atoms with E-state index in [1.165, 1.54) is 166 Å². The molecule has 0 spiro atoms. The van der Waals surface area contributed by atoms with Gasteiger partial charge in [0.2, 0.25) is 5.75 Å². The summed E-state index contributed by atoms with van der Waals surface area (Å²) in [6, 6.07) is 2.94. The Morgan fingerprint density at radius 3 is 0.918 bits per heavy atom. The second kappa shape index (κ2) is 32.7. The minimum atomic E-state index is -4.50. The van der Waals surface area contributed by atoms with Gasteiger partial charge in [0.25, 0.3) is 0 Å². The summed E-state index contributed by atoms with van der Waals surface area (Å²) in [5.74, 6) is 1.27. The highest BCUT2D eigenvalue weighted by Crippen LogP contribution is 2.43. The number of benzene rings is 1. The molecule has 1 aromatic rings. The van der Waals surface area contributed by atoms with Crippen LogP contribution in [0.4, 0.5) is 0 Å². The molecule has 288 valence electrons. The van der Waals surface area contributed by atoms with Crippen LogP contribution in [0.5, 0.6) is 17.2 Å². The second-order valence-electron chi connectivity index (χ2n) is 14.4. The molecule has 1 aromatic carbocycles. The zero-order chi connectivity index (χ0) is 35.7. The lowest BCUT2D eigenvalue weighted by Gasteiger charge is -2.19. The van der Waals surface area contributed by atoms with E-state index in [1.54, 1.807) is 0 Å². The van der Waals surface area contributed by atoms with Gasteiger partial charge in [0.05, 0.1) is 25.1 Å². The van der Waals surface area contributed by atoms with Gasteiger partial charge in [-0.2, -0.15) is 0 Å². The predicted octanol–water partition coefficient (Wildman–Crippen LogP) is 13.4. The molecule has 1 rings (SSSR count). The van der Waals surface area contributed by atoms with E-state index in [0.717, 1.165) is 38.5 Å². The van der Waals surface area contributed by atoms with Crippen LogP contribution in [0.3, 0.4) is 0 Å². The van der Waals surface area contributed by atoms with Crippen LogP contribution in [0.1, 0.15) is 213 Å². The molecule has 0 saturated carbocycles. The van der Waals surface area contributed by atoms with Crippen molar-refractivity contribution in [3.05, 3.63) is 12.1 Å². The Labute approximate surface area is 303 Å². The van der Waals surface area contributed by atoms with Gasteiger partial charge in [-0.15, -0.1) is 0 Å². The molecule has 0 unspecified atom stereocenters. The zero-order valence-electron chi connectivity index (χ0n) is 32.5. The van der Waals surface area contributed by atoms with Crippen LogP contribution in [0.2, 0.25) is 0 Å². The predicted molar refractivity (Wildman–Crippen MR) is 210 cm³/mol. The third-order valence-corrected chi connectivity index (χ3v) is 10.5. The van der Waals surface area contributed by atoms with E-state index in [2.05, 4.69) is 20.8 Å².